The van der Waals surface area contributed by atoms with Crippen LogP contribution in [0.3, 0.4) is 0 Å². The summed E-state index contributed by atoms with van der Waals surface area (Å²) in [5, 5.41) is -0.307. The van der Waals surface area contributed by atoms with Gasteiger partial charge in [-0.15, -0.1) is 0 Å². The monoisotopic (exact) mass is 488 g/mol. The summed E-state index contributed by atoms with van der Waals surface area (Å²) in [6.45, 7) is 2.07. The number of benzene rings is 1. The minimum atomic E-state index is -3.39. The molecule has 0 saturated heterocycles. The van der Waals surface area contributed by atoms with Gasteiger partial charge in [0.05, 0.1) is 24.0 Å². The summed E-state index contributed by atoms with van der Waals surface area (Å²) < 4.78 is 50.6. The summed E-state index contributed by atoms with van der Waals surface area (Å²) in [6.07, 6.45) is 6.05. The fourth-order valence-electron chi connectivity index (χ4n) is 5.53. The van der Waals surface area contributed by atoms with Crippen molar-refractivity contribution in [3.05, 3.63) is 69.4 Å². The number of rotatable bonds is 7. The van der Waals surface area contributed by atoms with E-state index in [0.29, 0.717) is 31.2 Å². The van der Waals surface area contributed by atoms with Crippen molar-refractivity contribution in [1.29, 1.82) is 0 Å². The van der Waals surface area contributed by atoms with Crippen LogP contribution in [0.4, 0.5) is 4.39 Å². The number of hydrogen-bond donors (Lipinski definition) is 1. The van der Waals surface area contributed by atoms with Crippen LogP contribution < -0.4 is 10.3 Å². The zero-order valence-corrected chi connectivity index (χ0v) is 20.4. The summed E-state index contributed by atoms with van der Waals surface area (Å²) in [6, 6.07) is 10.0. The summed E-state index contributed by atoms with van der Waals surface area (Å²) >= 11 is 0. The maximum Gasteiger partial charge on any atom is 0.254 e. The predicted molar refractivity (Wildman–Crippen MR) is 129 cm³/mol. The SMILES string of the molecule is Cc1ccc2n(c1=O)C(COC1CCC(c3ccccc3F)CC1)C(NS(=O)(=O)C1CC1)CC2. The van der Waals surface area contributed by atoms with E-state index < -0.39 is 10.0 Å². The zero-order chi connectivity index (χ0) is 23.9. The highest BCUT2D eigenvalue weighted by atomic mass is 32.2. The number of halogens is 1. The maximum absolute atomic E-state index is 14.2. The van der Waals surface area contributed by atoms with Gasteiger partial charge >= 0.3 is 0 Å². The maximum atomic E-state index is 14.2. The van der Waals surface area contributed by atoms with Crippen molar-refractivity contribution in [2.45, 2.75) is 87.6 Å². The average Bonchev–Trinajstić information content (AvgIpc) is 3.68. The second kappa shape index (κ2) is 9.55. The predicted octanol–water partition coefficient (Wildman–Crippen LogP) is 3.98. The molecule has 2 fully saturated rings. The lowest BCUT2D eigenvalue weighted by Gasteiger charge is -2.37. The van der Waals surface area contributed by atoms with Crippen LogP contribution in [-0.4, -0.2) is 37.0 Å². The van der Waals surface area contributed by atoms with Crippen molar-refractivity contribution in [3.8, 4) is 0 Å². The van der Waals surface area contributed by atoms with Gasteiger partial charge in [-0.05, 0) is 81.9 Å². The molecule has 2 aliphatic carbocycles. The first-order valence-corrected chi connectivity index (χ1v) is 14.0. The van der Waals surface area contributed by atoms with Crippen molar-refractivity contribution >= 4 is 10.0 Å². The molecule has 2 atom stereocenters. The third-order valence-electron chi connectivity index (χ3n) is 7.70. The standard InChI is InChI=1S/C26H33FN2O4S/c1-17-6-9-19-10-15-24(28-34(31,32)21-13-14-21)25(29(19)26(17)30)16-33-20-11-7-18(8-12-20)22-4-2-3-5-23(22)27/h2-6,9,18,20-21,24-25,28H,7-8,10-16H2,1H3. The lowest BCUT2D eigenvalue weighted by Crippen LogP contribution is -2.50. The number of nitrogens with zero attached hydrogens (tertiary/aromatic N) is 1. The molecule has 3 aliphatic rings. The van der Waals surface area contributed by atoms with E-state index in [1.807, 2.05) is 24.3 Å². The molecule has 2 heterocycles. The van der Waals surface area contributed by atoms with E-state index in [4.69, 9.17) is 4.74 Å². The number of pyridine rings is 1. The largest absolute Gasteiger partial charge is 0.376 e. The van der Waals surface area contributed by atoms with Crippen molar-refractivity contribution in [3.63, 3.8) is 0 Å². The Labute approximate surface area is 200 Å². The van der Waals surface area contributed by atoms with Gasteiger partial charge in [-0.3, -0.25) is 4.79 Å². The van der Waals surface area contributed by atoms with Crippen LogP contribution in [0.5, 0.6) is 0 Å². The minimum absolute atomic E-state index is 0.0228. The van der Waals surface area contributed by atoms with E-state index in [1.54, 1.807) is 17.6 Å². The van der Waals surface area contributed by atoms with E-state index in [0.717, 1.165) is 36.9 Å². The van der Waals surface area contributed by atoms with Crippen molar-refractivity contribution in [1.82, 2.24) is 9.29 Å². The van der Waals surface area contributed by atoms with Crippen LogP contribution in [0.1, 0.15) is 73.7 Å². The van der Waals surface area contributed by atoms with Crippen LogP contribution in [0, 0.1) is 12.7 Å². The summed E-state index contributed by atoms with van der Waals surface area (Å²) in [5.41, 5.74) is 2.27. The number of nitrogens with one attached hydrogen (secondary N) is 1. The normalized spacial score (nSPS) is 27.4. The molecule has 8 heteroatoms. The summed E-state index contributed by atoms with van der Waals surface area (Å²) in [7, 11) is -3.39. The zero-order valence-electron chi connectivity index (χ0n) is 19.6. The first kappa shape index (κ1) is 23.7. The van der Waals surface area contributed by atoms with Gasteiger partial charge in [-0.2, -0.15) is 0 Å². The molecule has 2 aromatic rings. The highest BCUT2D eigenvalue weighted by molar-refractivity contribution is 7.90. The molecule has 0 spiro atoms. The van der Waals surface area contributed by atoms with Crippen molar-refractivity contribution in [2.24, 2.45) is 0 Å². The molecule has 34 heavy (non-hydrogen) atoms. The lowest BCUT2D eigenvalue weighted by molar-refractivity contribution is -0.00185. The fourth-order valence-corrected chi connectivity index (χ4v) is 7.18. The van der Waals surface area contributed by atoms with E-state index in [-0.39, 0.29) is 47.3 Å². The first-order valence-electron chi connectivity index (χ1n) is 12.4. The van der Waals surface area contributed by atoms with E-state index >= 15 is 0 Å². The van der Waals surface area contributed by atoms with Gasteiger partial charge in [0.1, 0.15) is 5.82 Å². The Balaban J connectivity index is 1.30. The van der Waals surface area contributed by atoms with Crippen LogP contribution in [0.25, 0.3) is 0 Å². The Morgan fingerprint density at radius 3 is 2.47 bits per heavy atom. The van der Waals surface area contributed by atoms with Gasteiger partial charge in [0.15, 0.2) is 0 Å². The molecular formula is C26H33FN2O4S. The summed E-state index contributed by atoms with van der Waals surface area (Å²) in [5.74, 6) is 0.0473. The third kappa shape index (κ3) is 4.86. The second-order valence-electron chi connectivity index (χ2n) is 10.1. The molecule has 2 unspecified atom stereocenters. The average molecular weight is 489 g/mol. The molecule has 1 N–H and O–H groups in total. The van der Waals surface area contributed by atoms with Crippen LogP contribution in [0.2, 0.25) is 0 Å². The number of aromatic nitrogens is 1. The number of fused-ring (bicyclic) bond motifs is 1. The van der Waals surface area contributed by atoms with Gasteiger partial charge in [0, 0.05) is 17.3 Å². The Morgan fingerprint density at radius 1 is 1.03 bits per heavy atom. The van der Waals surface area contributed by atoms with Crippen LogP contribution in [0.15, 0.2) is 41.2 Å². The molecule has 2 saturated carbocycles. The lowest BCUT2D eigenvalue weighted by atomic mass is 9.82. The molecule has 1 aliphatic heterocycles. The van der Waals surface area contributed by atoms with Gasteiger partial charge in [0.2, 0.25) is 10.0 Å². The fraction of sp³-hybridized carbons (Fsp3) is 0.577. The van der Waals surface area contributed by atoms with Gasteiger partial charge in [-0.25, -0.2) is 17.5 Å². The molecule has 1 aromatic carbocycles. The van der Waals surface area contributed by atoms with E-state index in [2.05, 4.69) is 4.72 Å². The molecule has 0 bridgehead atoms. The van der Waals surface area contributed by atoms with Crippen LogP contribution in [-0.2, 0) is 21.2 Å². The van der Waals surface area contributed by atoms with E-state index in [9.17, 15) is 17.6 Å². The van der Waals surface area contributed by atoms with Gasteiger partial charge < -0.3 is 9.30 Å². The molecule has 184 valence electrons. The van der Waals surface area contributed by atoms with Crippen LogP contribution >= 0.6 is 0 Å². The van der Waals surface area contributed by atoms with Crippen molar-refractivity contribution < 1.29 is 17.5 Å². The molecule has 0 radical (unpaired) electrons. The molecule has 1 aromatic heterocycles. The number of ether oxygens (including phenoxy) is 1. The van der Waals surface area contributed by atoms with E-state index in [1.165, 1.54) is 6.07 Å². The molecule has 6 nitrogen and oxygen atoms in total. The highest BCUT2D eigenvalue weighted by Crippen LogP contribution is 2.36. The second-order valence-corrected chi connectivity index (χ2v) is 12.1. The Bertz CT molecular complexity index is 1200. The minimum Gasteiger partial charge on any atom is -0.376 e. The van der Waals surface area contributed by atoms with Gasteiger partial charge in [0.25, 0.3) is 5.56 Å². The summed E-state index contributed by atoms with van der Waals surface area (Å²) in [4.78, 5) is 13.1. The number of hydrogen-bond acceptors (Lipinski definition) is 4. The Morgan fingerprint density at radius 2 is 1.76 bits per heavy atom. The number of aryl methyl sites for hydroxylation is 2. The van der Waals surface area contributed by atoms with Gasteiger partial charge in [-0.1, -0.05) is 24.3 Å². The third-order valence-corrected chi connectivity index (χ3v) is 9.68. The Hall–Kier alpha value is -2.03. The molecule has 0 amide bonds. The Kier molecular flexibility index (Phi) is 6.66. The topological polar surface area (TPSA) is 77.4 Å². The first-order chi connectivity index (χ1) is 16.3. The molecule has 5 rings (SSSR count). The smallest absolute Gasteiger partial charge is 0.254 e. The van der Waals surface area contributed by atoms with Crippen molar-refractivity contribution in [2.75, 3.05) is 6.61 Å². The highest BCUT2D eigenvalue weighted by Gasteiger charge is 2.40. The molecular weight excluding hydrogens is 455 g/mol. The quantitative estimate of drug-likeness (QED) is 0.640. The number of sulfonamides is 1.